The summed E-state index contributed by atoms with van der Waals surface area (Å²) >= 11 is 0. The molecular formula is C14H24N2O5. The Morgan fingerprint density at radius 2 is 1.86 bits per heavy atom. The fraction of sp³-hybridized carbons (Fsp3) is 0.786. The number of hydrogen-bond acceptors (Lipinski definition) is 4. The van der Waals surface area contributed by atoms with Gasteiger partial charge in [-0.3, -0.25) is 14.9 Å². The molecule has 1 fully saturated rings. The number of carbonyl (C=O) groups is 3. The smallest absolute Gasteiger partial charge is 0.321 e. The van der Waals surface area contributed by atoms with Gasteiger partial charge in [0.1, 0.15) is 0 Å². The first kappa shape index (κ1) is 17.4. The van der Waals surface area contributed by atoms with E-state index in [0.29, 0.717) is 19.6 Å². The second kappa shape index (κ2) is 8.61. The van der Waals surface area contributed by atoms with Crippen LogP contribution in [0.25, 0.3) is 0 Å². The van der Waals surface area contributed by atoms with Crippen molar-refractivity contribution in [3.8, 4) is 0 Å². The molecule has 0 spiro atoms. The van der Waals surface area contributed by atoms with Crippen LogP contribution in [-0.4, -0.2) is 43.3 Å². The van der Waals surface area contributed by atoms with Gasteiger partial charge in [-0.15, -0.1) is 0 Å². The number of rotatable bonds is 8. The van der Waals surface area contributed by atoms with E-state index in [1.165, 1.54) is 0 Å². The van der Waals surface area contributed by atoms with Crippen LogP contribution in [0.5, 0.6) is 0 Å². The molecule has 7 nitrogen and oxygen atoms in total. The van der Waals surface area contributed by atoms with Crippen molar-refractivity contribution in [3.05, 3.63) is 0 Å². The number of aliphatic carboxylic acids is 1. The molecule has 0 unspecified atom stereocenters. The minimum atomic E-state index is -0.895. The van der Waals surface area contributed by atoms with E-state index in [9.17, 15) is 14.4 Å². The molecule has 0 radical (unpaired) electrons. The van der Waals surface area contributed by atoms with E-state index in [0.717, 1.165) is 25.7 Å². The SMILES string of the molecule is COCCCNC(=O)NC(=O)CC1(CC(=O)O)CCCC1. The van der Waals surface area contributed by atoms with Crippen LogP contribution < -0.4 is 10.6 Å². The normalized spacial score (nSPS) is 16.4. The fourth-order valence-electron chi connectivity index (χ4n) is 2.84. The summed E-state index contributed by atoms with van der Waals surface area (Å²) < 4.78 is 4.85. The molecule has 0 aromatic heterocycles. The van der Waals surface area contributed by atoms with Crippen LogP contribution in [-0.2, 0) is 14.3 Å². The molecule has 0 aliphatic heterocycles. The van der Waals surface area contributed by atoms with Gasteiger partial charge in [-0.1, -0.05) is 12.8 Å². The number of carboxylic acids is 1. The first-order valence-corrected chi connectivity index (χ1v) is 7.26. The zero-order valence-electron chi connectivity index (χ0n) is 12.4. The molecule has 0 aromatic carbocycles. The predicted molar refractivity (Wildman–Crippen MR) is 75.8 cm³/mol. The minimum Gasteiger partial charge on any atom is -0.481 e. The summed E-state index contributed by atoms with van der Waals surface area (Å²) in [5.74, 6) is -1.31. The average Bonchev–Trinajstić information content (AvgIpc) is 2.81. The van der Waals surface area contributed by atoms with Crippen LogP contribution in [0.2, 0.25) is 0 Å². The van der Waals surface area contributed by atoms with E-state index >= 15 is 0 Å². The topological polar surface area (TPSA) is 105 Å². The minimum absolute atomic E-state index is 0.0180. The van der Waals surface area contributed by atoms with Gasteiger partial charge in [0.25, 0.3) is 0 Å². The summed E-state index contributed by atoms with van der Waals surface area (Å²) in [5.41, 5.74) is -0.494. The standard InChI is InChI=1S/C14H24N2O5/c1-21-8-4-7-15-13(20)16-11(17)9-14(10-12(18)19)5-2-3-6-14/h2-10H2,1H3,(H,18,19)(H2,15,16,17,20). The van der Waals surface area contributed by atoms with E-state index in [2.05, 4.69) is 10.6 Å². The van der Waals surface area contributed by atoms with Gasteiger partial charge in [0.2, 0.25) is 5.91 Å². The molecule has 7 heteroatoms. The van der Waals surface area contributed by atoms with E-state index in [1.54, 1.807) is 7.11 Å². The molecule has 0 heterocycles. The van der Waals surface area contributed by atoms with Crippen LogP contribution in [0, 0.1) is 5.41 Å². The molecular weight excluding hydrogens is 276 g/mol. The van der Waals surface area contributed by atoms with Gasteiger partial charge < -0.3 is 15.2 Å². The molecule has 0 aromatic rings. The molecule has 0 atom stereocenters. The molecule has 0 bridgehead atoms. The third kappa shape index (κ3) is 6.57. The summed E-state index contributed by atoms with van der Waals surface area (Å²) in [6, 6.07) is -0.542. The Bertz CT molecular complexity index is 378. The van der Waals surface area contributed by atoms with Crippen molar-refractivity contribution in [3.63, 3.8) is 0 Å². The predicted octanol–water partition coefficient (Wildman–Crippen LogP) is 1.27. The maximum absolute atomic E-state index is 11.9. The number of methoxy groups -OCH3 is 1. The number of amides is 3. The van der Waals surface area contributed by atoms with Gasteiger partial charge in [0.05, 0.1) is 6.42 Å². The van der Waals surface area contributed by atoms with E-state index < -0.39 is 23.3 Å². The molecule has 1 aliphatic carbocycles. The Morgan fingerprint density at radius 1 is 1.19 bits per heavy atom. The maximum Gasteiger partial charge on any atom is 0.321 e. The van der Waals surface area contributed by atoms with Crippen LogP contribution in [0.4, 0.5) is 4.79 Å². The van der Waals surface area contributed by atoms with Gasteiger partial charge in [-0.05, 0) is 24.7 Å². The van der Waals surface area contributed by atoms with Crippen LogP contribution in [0.15, 0.2) is 0 Å². The van der Waals surface area contributed by atoms with E-state index in [1.807, 2.05) is 0 Å². The number of carbonyl (C=O) groups excluding carboxylic acids is 2. The van der Waals surface area contributed by atoms with Gasteiger partial charge in [-0.2, -0.15) is 0 Å². The van der Waals surface area contributed by atoms with Crippen molar-refractivity contribution >= 4 is 17.9 Å². The number of nitrogens with one attached hydrogen (secondary N) is 2. The molecule has 21 heavy (non-hydrogen) atoms. The summed E-state index contributed by atoms with van der Waals surface area (Å²) in [5, 5.41) is 13.8. The first-order chi connectivity index (χ1) is 9.97. The first-order valence-electron chi connectivity index (χ1n) is 7.26. The maximum atomic E-state index is 11.9. The number of ether oxygens (including phenoxy) is 1. The summed E-state index contributed by atoms with van der Waals surface area (Å²) in [6.07, 6.45) is 4.06. The largest absolute Gasteiger partial charge is 0.481 e. The zero-order valence-corrected chi connectivity index (χ0v) is 12.4. The zero-order chi connectivity index (χ0) is 15.7. The Balaban J connectivity index is 2.36. The summed E-state index contributed by atoms with van der Waals surface area (Å²) in [7, 11) is 1.58. The fourth-order valence-corrected chi connectivity index (χ4v) is 2.84. The number of imide groups is 1. The summed E-state index contributed by atoms with van der Waals surface area (Å²) in [4.78, 5) is 34.4. The average molecular weight is 300 g/mol. The van der Waals surface area contributed by atoms with Crippen LogP contribution in [0.1, 0.15) is 44.9 Å². The highest BCUT2D eigenvalue weighted by atomic mass is 16.5. The second-order valence-electron chi connectivity index (χ2n) is 5.60. The van der Waals surface area contributed by atoms with E-state index in [4.69, 9.17) is 9.84 Å². The highest BCUT2D eigenvalue weighted by molar-refractivity contribution is 5.94. The molecule has 0 saturated heterocycles. The Labute approximate surface area is 124 Å². The lowest BCUT2D eigenvalue weighted by atomic mass is 9.79. The van der Waals surface area contributed by atoms with Crippen LogP contribution in [0.3, 0.4) is 0 Å². The highest BCUT2D eigenvalue weighted by Crippen LogP contribution is 2.43. The Morgan fingerprint density at radius 3 is 2.43 bits per heavy atom. The van der Waals surface area contributed by atoms with Gasteiger partial charge in [-0.25, -0.2) is 4.79 Å². The van der Waals surface area contributed by atoms with Crippen molar-refractivity contribution in [1.29, 1.82) is 0 Å². The number of hydrogen-bond donors (Lipinski definition) is 3. The lowest BCUT2D eigenvalue weighted by molar-refractivity contribution is -0.140. The number of carboxylic acid groups (broad SMARTS) is 1. The lowest BCUT2D eigenvalue weighted by Gasteiger charge is -2.26. The van der Waals surface area contributed by atoms with Crippen molar-refractivity contribution in [1.82, 2.24) is 10.6 Å². The highest BCUT2D eigenvalue weighted by Gasteiger charge is 2.38. The van der Waals surface area contributed by atoms with Gasteiger partial charge in [0.15, 0.2) is 0 Å². The molecule has 3 N–H and O–H groups in total. The van der Waals surface area contributed by atoms with E-state index in [-0.39, 0.29) is 12.8 Å². The third-order valence-electron chi connectivity index (χ3n) is 3.79. The van der Waals surface area contributed by atoms with Crippen molar-refractivity contribution in [2.24, 2.45) is 5.41 Å². The van der Waals surface area contributed by atoms with Crippen molar-refractivity contribution < 1.29 is 24.2 Å². The number of urea groups is 1. The second-order valence-corrected chi connectivity index (χ2v) is 5.60. The summed E-state index contributed by atoms with van der Waals surface area (Å²) in [6.45, 7) is 0.961. The quantitative estimate of drug-likeness (QED) is 0.586. The Hall–Kier alpha value is -1.63. The monoisotopic (exact) mass is 300 g/mol. The molecule has 3 amide bonds. The van der Waals surface area contributed by atoms with Crippen molar-refractivity contribution in [2.75, 3.05) is 20.3 Å². The Kier molecular flexibility index (Phi) is 7.14. The molecule has 1 saturated carbocycles. The molecule has 1 rings (SSSR count). The van der Waals surface area contributed by atoms with Gasteiger partial charge in [0, 0.05) is 26.7 Å². The lowest BCUT2D eigenvalue weighted by Crippen LogP contribution is -2.42. The van der Waals surface area contributed by atoms with Gasteiger partial charge >= 0.3 is 12.0 Å². The molecule has 120 valence electrons. The third-order valence-corrected chi connectivity index (χ3v) is 3.79. The van der Waals surface area contributed by atoms with Crippen LogP contribution >= 0.6 is 0 Å². The van der Waals surface area contributed by atoms with Crippen molar-refractivity contribution in [2.45, 2.75) is 44.9 Å². The molecule has 1 aliphatic rings.